The van der Waals surface area contributed by atoms with Gasteiger partial charge in [-0.05, 0) is 11.6 Å². The van der Waals surface area contributed by atoms with Crippen LogP contribution in [0.15, 0.2) is 24.3 Å². The molecule has 1 unspecified atom stereocenters. The molecule has 0 saturated carbocycles. The van der Waals surface area contributed by atoms with Gasteiger partial charge < -0.3 is 10.8 Å². The van der Waals surface area contributed by atoms with E-state index in [2.05, 4.69) is 15.9 Å². The molecule has 4 nitrogen and oxygen atoms in total. The van der Waals surface area contributed by atoms with Crippen LogP contribution in [-0.2, 0) is 0 Å². The summed E-state index contributed by atoms with van der Waals surface area (Å²) in [5.41, 5.74) is 7.37. The fourth-order valence-electron chi connectivity index (χ4n) is 2.21. The zero-order chi connectivity index (χ0) is 12.1. The lowest BCUT2D eigenvalue weighted by molar-refractivity contribution is 0.0852. The van der Waals surface area contributed by atoms with Crippen molar-refractivity contribution in [2.24, 2.45) is 5.73 Å². The minimum absolute atomic E-state index is 0.0270. The summed E-state index contributed by atoms with van der Waals surface area (Å²) in [5, 5.41) is 8.89. The topological polar surface area (TPSA) is 52.7 Å². The van der Waals surface area contributed by atoms with Gasteiger partial charge >= 0.3 is 0 Å². The van der Waals surface area contributed by atoms with Crippen LogP contribution >= 0.6 is 0 Å². The average Bonchev–Trinajstić information content (AvgIpc) is 2.40. The Balaban J connectivity index is 1.88. The normalized spacial score (nSPS) is 20.4. The first-order valence-corrected chi connectivity index (χ1v) is 6.10. The molecule has 1 radical (unpaired) electrons. The van der Waals surface area contributed by atoms with Crippen LogP contribution in [0.1, 0.15) is 11.7 Å². The first kappa shape index (κ1) is 12.5. The molecular weight excluding hydrogens is 214 g/mol. The number of benzene rings is 1. The van der Waals surface area contributed by atoms with E-state index in [1.807, 2.05) is 24.3 Å². The molecule has 1 aliphatic rings. The molecule has 1 heterocycles. The molecule has 1 aromatic rings. The molecule has 1 aliphatic heterocycles. The minimum Gasteiger partial charge on any atom is -0.395 e. The summed E-state index contributed by atoms with van der Waals surface area (Å²) in [5.74, 6) is 0. The van der Waals surface area contributed by atoms with E-state index in [1.54, 1.807) is 0 Å². The number of nitrogens with two attached hydrogens (primary N) is 1. The van der Waals surface area contributed by atoms with Crippen LogP contribution in [0.25, 0.3) is 0 Å². The van der Waals surface area contributed by atoms with Crippen molar-refractivity contribution in [3.8, 4) is 0 Å². The van der Waals surface area contributed by atoms with Crippen LogP contribution in [0, 0.1) is 6.07 Å². The maximum Gasteiger partial charge on any atom is 0.0836 e. The highest BCUT2D eigenvalue weighted by molar-refractivity contribution is 5.17. The number of hydrogen-bond donors (Lipinski definition) is 2. The number of aliphatic hydroxyl groups is 1. The first-order chi connectivity index (χ1) is 8.31. The maximum absolute atomic E-state index is 8.89. The molecule has 0 aromatic heterocycles. The van der Waals surface area contributed by atoms with Crippen molar-refractivity contribution in [2.75, 3.05) is 39.3 Å². The molecule has 0 amide bonds. The lowest BCUT2D eigenvalue weighted by atomic mass is 10.1. The predicted octanol–water partition coefficient (Wildman–Crippen LogP) is 0.0540. The summed E-state index contributed by atoms with van der Waals surface area (Å²) < 4.78 is 0. The van der Waals surface area contributed by atoms with E-state index in [1.165, 1.54) is 0 Å². The summed E-state index contributed by atoms with van der Waals surface area (Å²) in [4.78, 5) is 4.55. The molecule has 3 N–H and O–H groups in total. The van der Waals surface area contributed by atoms with E-state index in [4.69, 9.17) is 10.8 Å². The van der Waals surface area contributed by atoms with Crippen molar-refractivity contribution in [3.05, 3.63) is 35.9 Å². The van der Waals surface area contributed by atoms with Gasteiger partial charge in [-0.15, -0.1) is 0 Å². The van der Waals surface area contributed by atoms with Crippen molar-refractivity contribution < 1.29 is 5.11 Å². The second kappa shape index (κ2) is 6.12. The first-order valence-electron chi connectivity index (χ1n) is 6.10. The van der Waals surface area contributed by atoms with Gasteiger partial charge in [-0.2, -0.15) is 0 Å². The smallest absolute Gasteiger partial charge is 0.0836 e. The SMILES string of the molecule is NC(c1cc[c]cc1)N1CCN(CCO)CC1. The lowest BCUT2D eigenvalue weighted by Crippen LogP contribution is -2.50. The minimum atomic E-state index is -0.0270. The summed E-state index contributed by atoms with van der Waals surface area (Å²) in [6.07, 6.45) is -0.0270. The van der Waals surface area contributed by atoms with Crippen LogP contribution in [0.4, 0.5) is 0 Å². The molecule has 0 aliphatic carbocycles. The van der Waals surface area contributed by atoms with E-state index in [9.17, 15) is 0 Å². The van der Waals surface area contributed by atoms with Crippen molar-refractivity contribution >= 4 is 0 Å². The number of rotatable bonds is 4. The molecular formula is C13H20N3O. The molecule has 0 bridgehead atoms. The fourth-order valence-corrected chi connectivity index (χ4v) is 2.21. The fraction of sp³-hybridized carbons (Fsp3) is 0.538. The zero-order valence-electron chi connectivity index (χ0n) is 10.0. The monoisotopic (exact) mass is 234 g/mol. The summed E-state index contributed by atoms with van der Waals surface area (Å²) >= 11 is 0. The molecule has 1 aromatic carbocycles. The number of nitrogens with zero attached hydrogens (tertiary/aromatic N) is 2. The molecule has 1 fully saturated rings. The standard InChI is InChI=1S/C13H20N3O/c14-13(12-4-2-1-3-5-12)16-8-6-15(7-9-16)10-11-17/h2-5,13,17H,6-11,14H2. The van der Waals surface area contributed by atoms with Crippen molar-refractivity contribution in [2.45, 2.75) is 6.17 Å². The Hall–Kier alpha value is -0.940. The number of piperazine rings is 1. The second-order valence-electron chi connectivity index (χ2n) is 4.38. The van der Waals surface area contributed by atoms with Gasteiger partial charge in [0.05, 0.1) is 12.8 Å². The third-order valence-electron chi connectivity index (χ3n) is 3.30. The van der Waals surface area contributed by atoms with E-state index in [-0.39, 0.29) is 12.8 Å². The Morgan fingerprint density at radius 1 is 1.24 bits per heavy atom. The van der Waals surface area contributed by atoms with Crippen LogP contribution in [-0.4, -0.2) is 54.2 Å². The lowest BCUT2D eigenvalue weighted by Gasteiger charge is -2.37. The summed E-state index contributed by atoms with van der Waals surface area (Å²) in [6.45, 7) is 4.88. The zero-order valence-corrected chi connectivity index (χ0v) is 10.0. The predicted molar refractivity (Wildman–Crippen MR) is 67.3 cm³/mol. The quantitative estimate of drug-likeness (QED) is 0.773. The highest BCUT2D eigenvalue weighted by atomic mass is 16.3. The molecule has 4 heteroatoms. The van der Waals surface area contributed by atoms with Crippen LogP contribution in [0.2, 0.25) is 0 Å². The molecule has 17 heavy (non-hydrogen) atoms. The number of β-amino-alcohol motifs (C(OH)–C–C–N with tert-alkyl or cyclic N) is 1. The third kappa shape index (κ3) is 3.26. The van der Waals surface area contributed by atoms with Gasteiger partial charge in [-0.1, -0.05) is 24.3 Å². The van der Waals surface area contributed by atoms with Gasteiger partial charge in [0.2, 0.25) is 0 Å². The molecule has 1 saturated heterocycles. The summed E-state index contributed by atoms with van der Waals surface area (Å²) in [7, 11) is 0. The van der Waals surface area contributed by atoms with Gasteiger partial charge in [-0.3, -0.25) is 9.80 Å². The molecule has 1 atom stereocenters. The largest absolute Gasteiger partial charge is 0.395 e. The Bertz CT molecular complexity index is 323. The van der Waals surface area contributed by atoms with Crippen molar-refractivity contribution in [1.82, 2.24) is 9.80 Å². The van der Waals surface area contributed by atoms with Crippen LogP contribution in [0.5, 0.6) is 0 Å². The Labute approximate surface area is 103 Å². The van der Waals surface area contributed by atoms with Crippen molar-refractivity contribution in [1.29, 1.82) is 0 Å². The summed E-state index contributed by atoms with van der Waals surface area (Å²) in [6, 6.07) is 10.8. The third-order valence-corrected chi connectivity index (χ3v) is 3.30. The average molecular weight is 234 g/mol. The van der Waals surface area contributed by atoms with Crippen LogP contribution in [0.3, 0.4) is 0 Å². The molecule has 0 spiro atoms. The van der Waals surface area contributed by atoms with Crippen LogP contribution < -0.4 is 5.73 Å². The second-order valence-corrected chi connectivity index (χ2v) is 4.38. The maximum atomic E-state index is 8.89. The van der Waals surface area contributed by atoms with E-state index in [0.717, 1.165) is 38.3 Å². The Morgan fingerprint density at radius 3 is 2.47 bits per heavy atom. The van der Waals surface area contributed by atoms with Gasteiger partial charge in [0.15, 0.2) is 0 Å². The highest BCUT2D eigenvalue weighted by Gasteiger charge is 2.21. The Kier molecular flexibility index (Phi) is 4.50. The van der Waals surface area contributed by atoms with E-state index >= 15 is 0 Å². The molecule has 2 rings (SSSR count). The van der Waals surface area contributed by atoms with E-state index in [0.29, 0.717) is 0 Å². The van der Waals surface area contributed by atoms with Gasteiger partial charge in [0.1, 0.15) is 0 Å². The van der Waals surface area contributed by atoms with Crippen molar-refractivity contribution in [3.63, 3.8) is 0 Å². The highest BCUT2D eigenvalue weighted by Crippen LogP contribution is 2.16. The number of aliphatic hydroxyl groups excluding tert-OH is 1. The van der Waals surface area contributed by atoms with E-state index < -0.39 is 0 Å². The molecule has 93 valence electrons. The Morgan fingerprint density at radius 2 is 1.88 bits per heavy atom. The van der Waals surface area contributed by atoms with Gasteiger partial charge in [0.25, 0.3) is 0 Å². The number of hydrogen-bond acceptors (Lipinski definition) is 4. The van der Waals surface area contributed by atoms with Gasteiger partial charge in [-0.25, -0.2) is 0 Å². The van der Waals surface area contributed by atoms with Gasteiger partial charge in [0, 0.05) is 32.7 Å².